The summed E-state index contributed by atoms with van der Waals surface area (Å²) < 4.78 is 4.48. The average Bonchev–Trinajstić information content (AvgIpc) is 2.16. The van der Waals surface area contributed by atoms with E-state index in [1.54, 1.807) is 12.1 Å². The highest BCUT2D eigenvalue weighted by Gasteiger charge is 2.07. The van der Waals surface area contributed by atoms with Crippen LogP contribution in [0.2, 0.25) is 0 Å². The Hall–Kier alpha value is -1.55. The molecule has 0 aromatic heterocycles. The zero-order valence-electron chi connectivity index (χ0n) is 7.28. The molecule has 0 saturated carbocycles. The minimum Gasteiger partial charge on any atom is -0.508 e. The van der Waals surface area contributed by atoms with Gasteiger partial charge in [-0.15, -0.1) is 0 Å². The Morgan fingerprint density at radius 2 is 2.31 bits per heavy atom. The molecule has 1 rings (SSSR count). The van der Waals surface area contributed by atoms with Gasteiger partial charge in [-0.25, -0.2) is 4.79 Å². The molecule has 0 spiro atoms. The predicted octanol–water partition coefficient (Wildman–Crippen LogP) is 0.637. The van der Waals surface area contributed by atoms with Crippen LogP contribution >= 0.6 is 0 Å². The van der Waals surface area contributed by atoms with E-state index in [9.17, 15) is 9.90 Å². The molecule has 0 fully saturated rings. The Bertz CT molecular complexity index is 323. The lowest BCUT2D eigenvalue weighted by Crippen LogP contribution is -2.02. The van der Waals surface area contributed by atoms with E-state index in [0.29, 0.717) is 11.1 Å². The number of hydrogen-bond donors (Lipinski definition) is 2. The van der Waals surface area contributed by atoms with Crippen molar-refractivity contribution in [3.05, 3.63) is 29.3 Å². The van der Waals surface area contributed by atoms with Gasteiger partial charge in [0, 0.05) is 12.1 Å². The summed E-state index contributed by atoms with van der Waals surface area (Å²) >= 11 is 0. The first kappa shape index (κ1) is 9.54. The van der Waals surface area contributed by atoms with E-state index in [0.717, 1.165) is 0 Å². The number of rotatable bonds is 2. The number of carbonyl (C=O) groups is 1. The summed E-state index contributed by atoms with van der Waals surface area (Å²) in [5, 5.41) is 9.35. The van der Waals surface area contributed by atoms with Gasteiger partial charge in [-0.2, -0.15) is 0 Å². The van der Waals surface area contributed by atoms with Crippen LogP contribution in [-0.4, -0.2) is 18.2 Å². The van der Waals surface area contributed by atoms with Crippen molar-refractivity contribution >= 4 is 5.97 Å². The molecule has 0 bridgehead atoms. The molecule has 0 saturated heterocycles. The molecule has 0 amide bonds. The fourth-order valence-electron chi connectivity index (χ4n) is 0.981. The van der Waals surface area contributed by atoms with Crippen molar-refractivity contribution in [2.24, 2.45) is 5.73 Å². The molecular formula is C9H11NO3. The first-order valence-corrected chi connectivity index (χ1v) is 3.79. The van der Waals surface area contributed by atoms with E-state index in [4.69, 9.17) is 5.73 Å². The van der Waals surface area contributed by atoms with Gasteiger partial charge in [0.2, 0.25) is 0 Å². The smallest absolute Gasteiger partial charge is 0.337 e. The lowest BCUT2D eigenvalue weighted by atomic mass is 10.1. The summed E-state index contributed by atoms with van der Waals surface area (Å²) in [4.78, 5) is 11.0. The number of ether oxygens (including phenoxy) is 1. The lowest BCUT2D eigenvalue weighted by Gasteiger charge is -2.03. The molecule has 0 aliphatic heterocycles. The first-order chi connectivity index (χ1) is 6.19. The molecule has 0 radical (unpaired) electrons. The van der Waals surface area contributed by atoms with Crippen LogP contribution in [-0.2, 0) is 11.3 Å². The summed E-state index contributed by atoms with van der Waals surface area (Å²) in [7, 11) is 1.29. The maximum atomic E-state index is 11.0. The van der Waals surface area contributed by atoms with Crippen LogP contribution < -0.4 is 5.73 Å². The minimum atomic E-state index is -0.473. The Balaban J connectivity index is 3.02. The maximum Gasteiger partial charge on any atom is 0.337 e. The topological polar surface area (TPSA) is 72.5 Å². The molecule has 3 N–H and O–H groups in total. The maximum absolute atomic E-state index is 11.0. The van der Waals surface area contributed by atoms with Gasteiger partial charge in [0.05, 0.1) is 12.7 Å². The monoisotopic (exact) mass is 181 g/mol. The molecule has 0 heterocycles. The van der Waals surface area contributed by atoms with Crippen LogP contribution in [0.4, 0.5) is 0 Å². The van der Waals surface area contributed by atoms with E-state index < -0.39 is 5.97 Å². The molecule has 0 aliphatic rings. The van der Waals surface area contributed by atoms with E-state index in [-0.39, 0.29) is 12.3 Å². The number of benzene rings is 1. The fraction of sp³-hybridized carbons (Fsp3) is 0.222. The number of hydrogen-bond acceptors (Lipinski definition) is 4. The highest BCUT2D eigenvalue weighted by atomic mass is 16.5. The van der Waals surface area contributed by atoms with Crippen LogP contribution in [0.25, 0.3) is 0 Å². The largest absolute Gasteiger partial charge is 0.508 e. The van der Waals surface area contributed by atoms with Crippen molar-refractivity contribution in [1.29, 1.82) is 0 Å². The summed E-state index contributed by atoms with van der Waals surface area (Å²) in [6.45, 7) is 0.243. The quantitative estimate of drug-likeness (QED) is 0.656. The van der Waals surface area contributed by atoms with Crippen molar-refractivity contribution in [2.45, 2.75) is 6.54 Å². The first-order valence-electron chi connectivity index (χ1n) is 3.79. The third-order valence-corrected chi connectivity index (χ3v) is 1.73. The summed E-state index contributed by atoms with van der Waals surface area (Å²) in [6, 6.07) is 4.50. The Kier molecular flexibility index (Phi) is 2.87. The molecular weight excluding hydrogens is 170 g/mol. The van der Waals surface area contributed by atoms with Gasteiger partial charge in [0.1, 0.15) is 5.75 Å². The number of phenolic OH excluding ortho intramolecular Hbond substituents is 1. The van der Waals surface area contributed by atoms with Gasteiger partial charge in [0.15, 0.2) is 0 Å². The van der Waals surface area contributed by atoms with Gasteiger partial charge >= 0.3 is 5.97 Å². The second kappa shape index (κ2) is 3.91. The zero-order chi connectivity index (χ0) is 9.84. The van der Waals surface area contributed by atoms with Gasteiger partial charge in [-0.05, 0) is 12.1 Å². The third-order valence-electron chi connectivity index (χ3n) is 1.73. The van der Waals surface area contributed by atoms with Gasteiger partial charge in [0.25, 0.3) is 0 Å². The van der Waals surface area contributed by atoms with E-state index in [2.05, 4.69) is 4.74 Å². The van der Waals surface area contributed by atoms with E-state index in [1.165, 1.54) is 13.2 Å². The van der Waals surface area contributed by atoms with Crippen LogP contribution in [0.1, 0.15) is 15.9 Å². The molecule has 0 aliphatic carbocycles. The second-order valence-corrected chi connectivity index (χ2v) is 2.54. The number of nitrogens with two attached hydrogens (primary N) is 1. The van der Waals surface area contributed by atoms with Crippen LogP contribution in [0.15, 0.2) is 18.2 Å². The number of phenols is 1. The molecule has 4 heteroatoms. The molecule has 0 unspecified atom stereocenters. The normalized spacial score (nSPS) is 9.69. The molecule has 4 nitrogen and oxygen atoms in total. The summed E-state index contributed by atoms with van der Waals surface area (Å²) in [5.41, 5.74) is 6.25. The predicted molar refractivity (Wildman–Crippen MR) is 47.3 cm³/mol. The highest BCUT2D eigenvalue weighted by Crippen LogP contribution is 2.18. The SMILES string of the molecule is COC(=O)c1ccc(CN)c(O)c1. The van der Waals surface area contributed by atoms with E-state index >= 15 is 0 Å². The fourth-order valence-corrected chi connectivity index (χ4v) is 0.981. The highest BCUT2D eigenvalue weighted by molar-refractivity contribution is 5.89. The average molecular weight is 181 g/mol. The Morgan fingerprint density at radius 3 is 2.77 bits per heavy atom. The van der Waals surface area contributed by atoms with Crippen LogP contribution in [0.3, 0.4) is 0 Å². The van der Waals surface area contributed by atoms with Crippen LogP contribution in [0, 0.1) is 0 Å². The van der Waals surface area contributed by atoms with Crippen molar-refractivity contribution < 1.29 is 14.6 Å². The third kappa shape index (κ3) is 1.97. The number of esters is 1. The van der Waals surface area contributed by atoms with Gasteiger partial charge < -0.3 is 15.6 Å². The second-order valence-electron chi connectivity index (χ2n) is 2.54. The zero-order valence-corrected chi connectivity index (χ0v) is 7.28. The van der Waals surface area contributed by atoms with Crippen molar-refractivity contribution in [3.8, 4) is 5.75 Å². The molecule has 1 aromatic rings. The Morgan fingerprint density at radius 1 is 1.62 bits per heavy atom. The molecule has 70 valence electrons. The summed E-state index contributed by atoms with van der Waals surface area (Å²) in [6.07, 6.45) is 0. The van der Waals surface area contributed by atoms with Gasteiger partial charge in [-0.1, -0.05) is 6.07 Å². The number of carbonyl (C=O) groups excluding carboxylic acids is 1. The molecule has 0 atom stereocenters. The Labute approximate surface area is 75.9 Å². The molecule has 1 aromatic carbocycles. The summed E-state index contributed by atoms with van der Waals surface area (Å²) in [5.74, 6) is -0.454. The van der Waals surface area contributed by atoms with Crippen LogP contribution in [0.5, 0.6) is 5.75 Å². The molecule has 13 heavy (non-hydrogen) atoms. The lowest BCUT2D eigenvalue weighted by molar-refractivity contribution is 0.0600. The van der Waals surface area contributed by atoms with Crippen molar-refractivity contribution in [2.75, 3.05) is 7.11 Å². The number of methoxy groups -OCH3 is 1. The van der Waals surface area contributed by atoms with Crippen molar-refractivity contribution in [1.82, 2.24) is 0 Å². The number of aromatic hydroxyl groups is 1. The van der Waals surface area contributed by atoms with Crippen molar-refractivity contribution in [3.63, 3.8) is 0 Å². The minimum absolute atomic E-state index is 0.0189. The standard InChI is InChI=1S/C9H11NO3/c1-13-9(12)6-2-3-7(5-10)8(11)4-6/h2-4,11H,5,10H2,1H3. The van der Waals surface area contributed by atoms with Gasteiger partial charge in [-0.3, -0.25) is 0 Å². The van der Waals surface area contributed by atoms with E-state index in [1.807, 2.05) is 0 Å².